The van der Waals surface area contributed by atoms with Crippen LogP contribution < -0.4 is 0 Å². The van der Waals surface area contributed by atoms with Crippen LogP contribution in [0.15, 0.2) is 18.2 Å². The molecule has 0 radical (unpaired) electrons. The van der Waals surface area contributed by atoms with Crippen molar-refractivity contribution in [3.8, 4) is 0 Å². The summed E-state index contributed by atoms with van der Waals surface area (Å²) >= 11 is 0. The van der Waals surface area contributed by atoms with Gasteiger partial charge in [0.1, 0.15) is 5.82 Å². The van der Waals surface area contributed by atoms with Gasteiger partial charge in [0.25, 0.3) is 0 Å². The second-order valence-electron chi connectivity index (χ2n) is 5.34. The molecule has 19 heavy (non-hydrogen) atoms. The van der Waals surface area contributed by atoms with Crippen LogP contribution in [0, 0.1) is 17.2 Å². The van der Waals surface area contributed by atoms with Crippen LogP contribution in [0.5, 0.6) is 0 Å². The standard InChI is InChI=1S/C13H12F4O2/c1-12(2)9(10(12)11(18)19)7-4-3-6(14)5-8(7)13(15,16)17/h3-5,9-10H,1-2H3,(H,18,19)/t9-,10+/m1/s1. The van der Waals surface area contributed by atoms with Crippen molar-refractivity contribution >= 4 is 5.97 Å². The summed E-state index contributed by atoms with van der Waals surface area (Å²) in [6.45, 7) is 3.19. The number of hydrogen-bond acceptors (Lipinski definition) is 1. The lowest BCUT2D eigenvalue weighted by Crippen LogP contribution is -2.10. The molecule has 1 saturated carbocycles. The maximum Gasteiger partial charge on any atom is 0.416 e. The number of benzene rings is 1. The largest absolute Gasteiger partial charge is 0.481 e. The van der Waals surface area contributed by atoms with Gasteiger partial charge in [0.05, 0.1) is 11.5 Å². The van der Waals surface area contributed by atoms with Crippen molar-refractivity contribution in [3.05, 3.63) is 35.1 Å². The van der Waals surface area contributed by atoms with Gasteiger partial charge in [0.15, 0.2) is 0 Å². The molecule has 0 aromatic heterocycles. The van der Waals surface area contributed by atoms with E-state index in [2.05, 4.69) is 0 Å². The van der Waals surface area contributed by atoms with E-state index in [1.54, 1.807) is 13.8 Å². The molecule has 1 N–H and O–H groups in total. The van der Waals surface area contributed by atoms with E-state index >= 15 is 0 Å². The van der Waals surface area contributed by atoms with E-state index < -0.39 is 40.8 Å². The summed E-state index contributed by atoms with van der Waals surface area (Å²) in [5.41, 5.74) is -2.00. The molecule has 2 atom stereocenters. The smallest absolute Gasteiger partial charge is 0.416 e. The Morgan fingerprint density at radius 3 is 2.32 bits per heavy atom. The summed E-state index contributed by atoms with van der Waals surface area (Å²) in [7, 11) is 0. The minimum absolute atomic E-state index is 0.147. The molecule has 1 aliphatic carbocycles. The van der Waals surface area contributed by atoms with Crippen molar-refractivity contribution in [2.75, 3.05) is 0 Å². The SMILES string of the molecule is CC1(C)[C@H](C(=O)O)[C@H]1c1ccc(F)cc1C(F)(F)F. The maximum absolute atomic E-state index is 13.0. The van der Waals surface area contributed by atoms with Crippen molar-refractivity contribution in [2.45, 2.75) is 25.9 Å². The second-order valence-corrected chi connectivity index (χ2v) is 5.34. The van der Waals surface area contributed by atoms with Gasteiger partial charge in [-0.25, -0.2) is 4.39 Å². The molecule has 1 aliphatic rings. The summed E-state index contributed by atoms with van der Waals surface area (Å²) in [6, 6.07) is 2.38. The minimum Gasteiger partial charge on any atom is -0.481 e. The summed E-state index contributed by atoms with van der Waals surface area (Å²) in [5.74, 6) is -3.74. The zero-order valence-electron chi connectivity index (χ0n) is 10.3. The molecule has 1 fully saturated rings. The number of carbonyl (C=O) groups is 1. The molecule has 6 heteroatoms. The highest BCUT2D eigenvalue weighted by atomic mass is 19.4. The number of rotatable bonds is 2. The fourth-order valence-corrected chi connectivity index (χ4v) is 2.72. The Morgan fingerprint density at radius 1 is 1.32 bits per heavy atom. The van der Waals surface area contributed by atoms with E-state index in [4.69, 9.17) is 5.11 Å². The monoisotopic (exact) mass is 276 g/mol. The van der Waals surface area contributed by atoms with Crippen LogP contribution in [0.25, 0.3) is 0 Å². The molecule has 0 bridgehead atoms. The molecule has 0 heterocycles. The van der Waals surface area contributed by atoms with E-state index in [1.165, 1.54) is 0 Å². The van der Waals surface area contributed by atoms with Crippen molar-refractivity contribution in [2.24, 2.45) is 11.3 Å². The average molecular weight is 276 g/mol. The zero-order valence-corrected chi connectivity index (χ0v) is 10.3. The predicted molar refractivity (Wildman–Crippen MR) is 59.0 cm³/mol. The van der Waals surface area contributed by atoms with Crippen LogP contribution in [0.4, 0.5) is 17.6 Å². The Labute approximate surface area is 107 Å². The zero-order chi connectivity index (χ0) is 14.6. The predicted octanol–water partition coefficient (Wildman–Crippen LogP) is 3.67. The maximum atomic E-state index is 13.0. The third-order valence-corrected chi connectivity index (χ3v) is 3.75. The summed E-state index contributed by atoms with van der Waals surface area (Å²) < 4.78 is 51.6. The lowest BCUT2D eigenvalue weighted by Gasteiger charge is -2.13. The minimum atomic E-state index is -4.70. The Morgan fingerprint density at radius 2 is 1.89 bits per heavy atom. The fraction of sp³-hybridized carbons (Fsp3) is 0.462. The molecule has 0 saturated heterocycles. The van der Waals surface area contributed by atoms with Gasteiger partial charge in [-0.05, 0) is 23.1 Å². The molecule has 1 aromatic carbocycles. The van der Waals surface area contributed by atoms with Gasteiger partial charge in [-0.15, -0.1) is 0 Å². The van der Waals surface area contributed by atoms with Gasteiger partial charge < -0.3 is 5.11 Å². The Bertz CT molecular complexity index is 534. The third-order valence-electron chi connectivity index (χ3n) is 3.75. The van der Waals surface area contributed by atoms with Crippen LogP contribution in [0.1, 0.15) is 30.9 Å². The quantitative estimate of drug-likeness (QED) is 0.837. The Kier molecular flexibility index (Phi) is 2.88. The summed E-state index contributed by atoms with van der Waals surface area (Å²) in [4.78, 5) is 11.0. The number of alkyl halides is 3. The molecule has 0 unspecified atom stereocenters. The molecular formula is C13H12F4O2. The molecule has 2 nitrogen and oxygen atoms in total. The van der Waals surface area contributed by atoms with E-state index in [1.807, 2.05) is 0 Å². The first-order valence-electron chi connectivity index (χ1n) is 5.66. The lowest BCUT2D eigenvalue weighted by molar-refractivity contribution is -0.140. The van der Waals surface area contributed by atoms with Crippen molar-refractivity contribution < 1.29 is 27.5 Å². The van der Waals surface area contributed by atoms with Gasteiger partial charge in [-0.3, -0.25) is 4.79 Å². The first-order chi connectivity index (χ1) is 8.56. The van der Waals surface area contributed by atoms with Crippen LogP contribution in [0.3, 0.4) is 0 Å². The van der Waals surface area contributed by atoms with Gasteiger partial charge in [-0.1, -0.05) is 19.9 Å². The highest BCUT2D eigenvalue weighted by Crippen LogP contribution is 2.65. The summed E-state index contributed by atoms with van der Waals surface area (Å²) in [6.07, 6.45) is -4.70. The number of carboxylic acid groups (broad SMARTS) is 1. The third kappa shape index (κ3) is 2.19. The van der Waals surface area contributed by atoms with E-state index in [0.717, 1.165) is 12.1 Å². The number of aliphatic carboxylic acids is 1. The number of carboxylic acids is 1. The normalized spacial score (nSPS) is 25.2. The van der Waals surface area contributed by atoms with E-state index in [9.17, 15) is 22.4 Å². The van der Waals surface area contributed by atoms with Crippen molar-refractivity contribution in [1.82, 2.24) is 0 Å². The number of halogens is 4. The van der Waals surface area contributed by atoms with Crippen LogP contribution in [-0.2, 0) is 11.0 Å². The molecular weight excluding hydrogens is 264 g/mol. The fourth-order valence-electron chi connectivity index (χ4n) is 2.72. The summed E-state index contributed by atoms with van der Waals surface area (Å²) in [5, 5.41) is 9.01. The van der Waals surface area contributed by atoms with E-state index in [0.29, 0.717) is 6.07 Å². The van der Waals surface area contributed by atoms with Crippen LogP contribution in [0.2, 0.25) is 0 Å². The van der Waals surface area contributed by atoms with Gasteiger partial charge in [0, 0.05) is 5.92 Å². The van der Waals surface area contributed by atoms with E-state index in [-0.39, 0.29) is 5.56 Å². The number of hydrogen-bond donors (Lipinski definition) is 1. The van der Waals surface area contributed by atoms with Crippen molar-refractivity contribution in [1.29, 1.82) is 0 Å². The highest BCUT2D eigenvalue weighted by molar-refractivity contribution is 5.77. The van der Waals surface area contributed by atoms with Crippen molar-refractivity contribution in [3.63, 3.8) is 0 Å². The molecule has 0 aliphatic heterocycles. The topological polar surface area (TPSA) is 37.3 Å². The molecule has 0 spiro atoms. The average Bonchev–Trinajstić information content (AvgIpc) is 2.80. The highest BCUT2D eigenvalue weighted by Gasteiger charge is 2.64. The molecule has 104 valence electrons. The first-order valence-corrected chi connectivity index (χ1v) is 5.66. The van der Waals surface area contributed by atoms with Crippen LogP contribution >= 0.6 is 0 Å². The van der Waals surface area contributed by atoms with Crippen LogP contribution in [-0.4, -0.2) is 11.1 Å². The molecule has 0 amide bonds. The second kappa shape index (κ2) is 3.95. The van der Waals surface area contributed by atoms with Gasteiger partial charge in [-0.2, -0.15) is 13.2 Å². The molecule has 1 aromatic rings. The Balaban J connectivity index is 2.51. The first kappa shape index (κ1) is 13.8. The lowest BCUT2D eigenvalue weighted by atomic mass is 9.97. The van der Waals surface area contributed by atoms with Gasteiger partial charge in [0.2, 0.25) is 0 Å². The Hall–Kier alpha value is -1.59. The van der Waals surface area contributed by atoms with Gasteiger partial charge >= 0.3 is 12.1 Å². The molecule has 2 rings (SSSR count).